The first-order valence-corrected chi connectivity index (χ1v) is 7.95. The lowest BCUT2D eigenvalue weighted by molar-refractivity contribution is 0.328. The fraction of sp³-hybridized carbons (Fsp3) is 0.714. The molecule has 2 atom stereocenters. The third kappa shape index (κ3) is 2.23. The molecule has 5 heteroatoms. The van der Waals surface area contributed by atoms with Crippen LogP contribution in [-0.2, 0) is 11.4 Å². The van der Waals surface area contributed by atoms with Gasteiger partial charge in [0.1, 0.15) is 21.8 Å². The number of rotatable bonds is 2. The molecule has 2 heterocycles. The quantitative estimate of drug-likeness (QED) is 0.782. The van der Waals surface area contributed by atoms with Crippen molar-refractivity contribution in [2.75, 3.05) is 0 Å². The highest BCUT2D eigenvalue weighted by Crippen LogP contribution is 2.57. The Morgan fingerprint density at radius 1 is 1.47 bits per heavy atom. The maximum atomic E-state index is 12.2. The highest BCUT2D eigenvalue weighted by atomic mass is 32.2. The topological polar surface area (TPSA) is 53.2 Å². The van der Waals surface area contributed by atoms with Gasteiger partial charge in [-0.15, -0.1) is 0 Å². The molecule has 0 aromatic carbocycles. The zero-order chi connectivity index (χ0) is 13.8. The van der Waals surface area contributed by atoms with E-state index in [2.05, 4.69) is 21.1 Å². The number of nitrogens with zero attached hydrogens (tertiary/aromatic N) is 3. The van der Waals surface area contributed by atoms with E-state index in [1.807, 2.05) is 33.0 Å². The smallest absolute Gasteiger partial charge is 0.144 e. The first kappa shape index (κ1) is 13.2. The zero-order valence-corrected chi connectivity index (χ0v) is 12.8. The van der Waals surface area contributed by atoms with Crippen molar-refractivity contribution in [1.82, 2.24) is 9.78 Å². The van der Waals surface area contributed by atoms with E-state index >= 15 is 0 Å². The average Bonchev–Trinajstić information content (AvgIpc) is 2.76. The molecule has 1 fully saturated rings. The minimum atomic E-state index is -1.19. The van der Waals surface area contributed by atoms with Gasteiger partial charge < -0.3 is 4.55 Å². The Hall–Kier alpha value is -0.810. The second-order valence-corrected chi connectivity index (χ2v) is 8.84. The van der Waals surface area contributed by atoms with E-state index < -0.39 is 11.4 Å². The van der Waals surface area contributed by atoms with Gasteiger partial charge in [0, 0.05) is 12.6 Å². The SMILES string of the molecule is CC1(C2CC(=N[S+]([O-])C(C)(C)C)c3ccnn32)CC1. The van der Waals surface area contributed by atoms with Crippen molar-refractivity contribution in [3.8, 4) is 0 Å². The van der Waals surface area contributed by atoms with E-state index in [0.717, 1.165) is 17.8 Å². The van der Waals surface area contributed by atoms with Gasteiger partial charge in [0.05, 0.1) is 11.7 Å². The summed E-state index contributed by atoms with van der Waals surface area (Å²) in [6, 6.07) is 2.39. The second-order valence-electron chi connectivity index (χ2n) is 6.93. The van der Waals surface area contributed by atoms with E-state index in [1.165, 1.54) is 12.8 Å². The van der Waals surface area contributed by atoms with Crippen molar-refractivity contribution in [2.45, 2.75) is 57.7 Å². The summed E-state index contributed by atoms with van der Waals surface area (Å²) >= 11 is -1.19. The molecular weight excluding hydrogens is 258 g/mol. The molecule has 2 unspecified atom stereocenters. The fourth-order valence-corrected chi connectivity index (χ4v) is 3.20. The molecule has 0 N–H and O–H groups in total. The molecule has 0 bridgehead atoms. The van der Waals surface area contributed by atoms with Gasteiger partial charge in [-0.1, -0.05) is 11.3 Å². The molecule has 19 heavy (non-hydrogen) atoms. The predicted molar refractivity (Wildman–Crippen MR) is 77.7 cm³/mol. The molecule has 0 saturated heterocycles. The molecule has 3 rings (SSSR count). The summed E-state index contributed by atoms with van der Waals surface area (Å²) in [6.07, 6.45) is 5.21. The van der Waals surface area contributed by atoms with Crippen LogP contribution in [0.4, 0.5) is 0 Å². The lowest BCUT2D eigenvalue weighted by atomic mass is 9.97. The van der Waals surface area contributed by atoms with Gasteiger partial charge in [-0.05, 0) is 45.1 Å². The monoisotopic (exact) mass is 279 g/mol. The number of aromatic nitrogens is 2. The Labute approximate surface area is 117 Å². The molecule has 0 radical (unpaired) electrons. The molecule has 0 spiro atoms. The number of fused-ring (bicyclic) bond motifs is 1. The van der Waals surface area contributed by atoms with E-state index in [0.29, 0.717) is 11.5 Å². The molecule has 2 aliphatic rings. The molecular formula is C14H21N3OS. The molecule has 1 aliphatic carbocycles. The minimum absolute atomic E-state index is 0.306. The number of hydrogen-bond donors (Lipinski definition) is 0. The summed E-state index contributed by atoms with van der Waals surface area (Å²) in [5, 5.41) is 4.44. The molecule has 0 amide bonds. The van der Waals surface area contributed by atoms with Crippen molar-refractivity contribution < 1.29 is 4.55 Å². The van der Waals surface area contributed by atoms with Crippen LogP contribution in [0.2, 0.25) is 0 Å². The van der Waals surface area contributed by atoms with Crippen LogP contribution in [-0.4, -0.2) is 24.8 Å². The lowest BCUT2D eigenvalue weighted by Crippen LogP contribution is -2.26. The van der Waals surface area contributed by atoms with Crippen LogP contribution in [0.3, 0.4) is 0 Å². The Kier molecular flexibility index (Phi) is 2.84. The summed E-state index contributed by atoms with van der Waals surface area (Å²) in [4.78, 5) is 0. The third-order valence-electron chi connectivity index (χ3n) is 4.21. The van der Waals surface area contributed by atoms with Crippen LogP contribution in [0.1, 0.15) is 58.7 Å². The summed E-state index contributed by atoms with van der Waals surface area (Å²) < 4.78 is 18.5. The van der Waals surface area contributed by atoms with Gasteiger partial charge >= 0.3 is 0 Å². The van der Waals surface area contributed by atoms with E-state index in [9.17, 15) is 4.55 Å². The van der Waals surface area contributed by atoms with Crippen molar-refractivity contribution in [3.63, 3.8) is 0 Å². The Balaban J connectivity index is 1.92. The van der Waals surface area contributed by atoms with Gasteiger partial charge in [-0.3, -0.25) is 4.68 Å². The van der Waals surface area contributed by atoms with Gasteiger partial charge in [-0.2, -0.15) is 5.10 Å². The molecule has 1 aromatic heterocycles. The molecule has 4 nitrogen and oxygen atoms in total. The van der Waals surface area contributed by atoms with Crippen LogP contribution in [0.25, 0.3) is 0 Å². The summed E-state index contributed by atoms with van der Waals surface area (Å²) in [5.74, 6) is 0. The predicted octanol–water partition coefficient (Wildman–Crippen LogP) is 2.88. The normalized spacial score (nSPS) is 28.5. The maximum absolute atomic E-state index is 12.2. The van der Waals surface area contributed by atoms with Crippen LogP contribution in [0.5, 0.6) is 0 Å². The van der Waals surface area contributed by atoms with Gasteiger partial charge in [-0.25, -0.2) is 0 Å². The Bertz CT molecular complexity index is 525. The van der Waals surface area contributed by atoms with Crippen LogP contribution in [0.15, 0.2) is 16.7 Å². The Morgan fingerprint density at radius 3 is 2.74 bits per heavy atom. The molecule has 104 valence electrons. The molecule has 1 aromatic rings. The van der Waals surface area contributed by atoms with Crippen molar-refractivity contribution in [3.05, 3.63) is 18.0 Å². The highest BCUT2D eigenvalue weighted by molar-refractivity contribution is 7.91. The zero-order valence-electron chi connectivity index (χ0n) is 12.0. The van der Waals surface area contributed by atoms with Gasteiger partial charge in [0.25, 0.3) is 0 Å². The molecule has 1 saturated carbocycles. The maximum Gasteiger partial charge on any atom is 0.144 e. The minimum Gasteiger partial charge on any atom is -0.591 e. The van der Waals surface area contributed by atoms with E-state index in [-0.39, 0.29) is 4.75 Å². The fourth-order valence-electron chi connectivity index (χ4n) is 2.56. The largest absolute Gasteiger partial charge is 0.591 e. The Morgan fingerprint density at radius 2 is 2.16 bits per heavy atom. The van der Waals surface area contributed by atoms with Gasteiger partial charge in [0.15, 0.2) is 0 Å². The first-order valence-electron chi connectivity index (χ1n) is 6.85. The first-order chi connectivity index (χ1) is 8.81. The highest BCUT2D eigenvalue weighted by Gasteiger charge is 2.50. The summed E-state index contributed by atoms with van der Waals surface area (Å²) in [6.45, 7) is 8.18. The molecule has 1 aliphatic heterocycles. The number of hydrogen-bond acceptors (Lipinski definition) is 3. The standard InChI is InChI=1S/C14H21N3OS/c1-13(2,3)19(18)16-10-9-12(14(4)6-7-14)17-11(10)5-8-15-17/h5,8,12H,6-7,9H2,1-4H3. The van der Waals surface area contributed by atoms with Crippen molar-refractivity contribution in [1.29, 1.82) is 0 Å². The van der Waals surface area contributed by atoms with E-state index in [4.69, 9.17) is 0 Å². The average molecular weight is 279 g/mol. The van der Waals surface area contributed by atoms with Crippen molar-refractivity contribution >= 4 is 17.1 Å². The summed E-state index contributed by atoms with van der Waals surface area (Å²) in [7, 11) is 0. The second kappa shape index (κ2) is 4.09. The lowest BCUT2D eigenvalue weighted by Gasteiger charge is -2.19. The van der Waals surface area contributed by atoms with Crippen LogP contribution < -0.4 is 0 Å². The van der Waals surface area contributed by atoms with Crippen LogP contribution >= 0.6 is 0 Å². The van der Waals surface area contributed by atoms with Crippen molar-refractivity contribution in [2.24, 2.45) is 9.81 Å². The van der Waals surface area contributed by atoms with Crippen LogP contribution in [0, 0.1) is 5.41 Å². The summed E-state index contributed by atoms with van der Waals surface area (Å²) in [5.41, 5.74) is 2.38. The van der Waals surface area contributed by atoms with Gasteiger partial charge in [0.2, 0.25) is 0 Å². The third-order valence-corrected chi connectivity index (χ3v) is 5.64. The van der Waals surface area contributed by atoms with E-state index in [1.54, 1.807) is 0 Å².